The molecular formula is C6H7B. The van der Waals surface area contributed by atoms with Crippen molar-refractivity contribution in [1.82, 2.24) is 0 Å². The lowest BCUT2D eigenvalue weighted by Gasteiger charge is -1.97. The summed E-state index contributed by atoms with van der Waals surface area (Å²) in [5, 5.41) is 0. The van der Waals surface area contributed by atoms with Crippen molar-refractivity contribution in [3.8, 4) is 0 Å². The first kappa shape index (κ1) is 4.70. The van der Waals surface area contributed by atoms with Gasteiger partial charge in [0.05, 0.1) is 0 Å². The summed E-state index contributed by atoms with van der Waals surface area (Å²) in [7, 11) is 5.41. The van der Waals surface area contributed by atoms with Gasteiger partial charge < -0.3 is 0 Å². The normalized spacial score (nSPS) is 19.1. The number of allylic oxidation sites excluding steroid dienone is 4. The average Bonchev–Trinajstić information content (AvgIpc) is 1.69. The first-order valence-corrected chi connectivity index (χ1v) is 2.52. The molecule has 0 heterocycles. The lowest BCUT2D eigenvalue weighted by molar-refractivity contribution is 1.03. The average molecular weight is 89.9 g/mol. The molecule has 0 aromatic heterocycles. The maximum Gasteiger partial charge on any atom is 0.113 e. The van der Waals surface area contributed by atoms with Crippen LogP contribution in [0.2, 0.25) is 0 Å². The van der Waals surface area contributed by atoms with E-state index >= 15 is 0 Å². The summed E-state index contributed by atoms with van der Waals surface area (Å²) in [5.74, 6) is 0. The van der Waals surface area contributed by atoms with Crippen molar-refractivity contribution in [1.29, 1.82) is 0 Å². The van der Waals surface area contributed by atoms with Gasteiger partial charge in [-0.1, -0.05) is 18.2 Å². The second-order valence-electron chi connectivity index (χ2n) is 1.68. The molecule has 2 radical (unpaired) electrons. The molecule has 0 aromatic carbocycles. The zero-order valence-electron chi connectivity index (χ0n) is 4.22. The van der Waals surface area contributed by atoms with Crippen molar-refractivity contribution >= 4 is 7.85 Å². The highest BCUT2D eigenvalue weighted by Crippen LogP contribution is 2.04. The Balaban J connectivity index is 2.58. The van der Waals surface area contributed by atoms with Crippen molar-refractivity contribution in [2.24, 2.45) is 0 Å². The zero-order chi connectivity index (χ0) is 5.11. The molecule has 34 valence electrons. The Bertz CT molecular complexity index is 111. The van der Waals surface area contributed by atoms with Crippen molar-refractivity contribution in [2.45, 2.75) is 12.8 Å². The van der Waals surface area contributed by atoms with Crippen LogP contribution in [0.1, 0.15) is 12.8 Å². The van der Waals surface area contributed by atoms with Gasteiger partial charge in [-0.3, -0.25) is 0 Å². The van der Waals surface area contributed by atoms with Gasteiger partial charge in [-0.05, 0) is 12.8 Å². The first-order chi connectivity index (χ1) is 3.39. The Labute approximate surface area is 45.3 Å². The second kappa shape index (κ2) is 2.01. The molecule has 0 amide bonds. The van der Waals surface area contributed by atoms with Gasteiger partial charge in [0.15, 0.2) is 0 Å². The molecule has 0 saturated carbocycles. The molecule has 0 aromatic rings. The summed E-state index contributed by atoms with van der Waals surface area (Å²) in [6.07, 6.45) is 8.35. The fourth-order valence-corrected chi connectivity index (χ4v) is 0.634. The lowest BCUT2D eigenvalue weighted by atomic mass is 9.91. The molecule has 1 aliphatic rings. The summed E-state index contributed by atoms with van der Waals surface area (Å²) in [6.45, 7) is 0. The Hall–Kier alpha value is -0.455. The number of rotatable bonds is 0. The number of hydrogen-bond acceptors (Lipinski definition) is 0. The van der Waals surface area contributed by atoms with Crippen LogP contribution in [0.5, 0.6) is 0 Å². The third kappa shape index (κ3) is 1.22. The highest BCUT2D eigenvalue weighted by atomic mass is 13.9. The fraction of sp³-hybridized carbons (Fsp3) is 0.333. The van der Waals surface area contributed by atoms with Crippen LogP contribution in [0.4, 0.5) is 0 Å². The highest BCUT2D eigenvalue weighted by molar-refractivity contribution is 6.23. The summed E-state index contributed by atoms with van der Waals surface area (Å²) in [6, 6.07) is 0. The molecule has 0 atom stereocenters. The van der Waals surface area contributed by atoms with Crippen LogP contribution >= 0.6 is 0 Å². The Morgan fingerprint density at radius 3 is 2.57 bits per heavy atom. The summed E-state index contributed by atoms with van der Waals surface area (Å²) >= 11 is 0. The topological polar surface area (TPSA) is 0 Å². The van der Waals surface area contributed by atoms with Crippen molar-refractivity contribution in [3.63, 3.8) is 0 Å². The summed E-state index contributed by atoms with van der Waals surface area (Å²) < 4.78 is 0. The van der Waals surface area contributed by atoms with Crippen LogP contribution in [-0.4, -0.2) is 7.85 Å². The van der Waals surface area contributed by atoms with E-state index in [0.717, 1.165) is 18.3 Å². The maximum absolute atomic E-state index is 5.41. The van der Waals surface area contributed by atoms with Gasteiger partial charge in [0, 0.05) is 0 Å². The van der Waals surface area contributed by atoms with Crippen LogP contribution < -0.4 is 0 Å². The minimum Gasteiger partial charge on any atom is -0.101 e. The SMILES string of the molecule is [B]C1=CCCC=C1. The molecule has 0 bridgehead atoms. The van der Waals surface area contributed by atoms with Gasteiger partial charge >= 0.3 is 0 Å². The van der Waals surface area contributed by atoms with Gasteiger partial charge in [-0.2, -0.15) is 0 Å². The molecular weight excluding hydrogens is 82.9 g/mol. The predicted octanol–water partition coefficient (Wildman–Crippen LogP) is 1.39. The summed E-state index contributed by atoms with van der Waals surface area (Å²) in [5.41, 5.74) is 0.909. The van der Waals surface area contributed by atoms with Gasteiger partial charge in [0.2, 0.25) is 0 Å². The Morgan fingerprint density at radius 2 is 2.29 bits per heavy atom. The molecule has 0 N–H and O–H groups in total. The van der Waals surface area contributed by atoms with Crippen molar-refractivity contribution < 1.29 is 0 Å². The van der Waals surface area contributed by atoms with Crippen molar-refractivity contribution in [3.05, 3.63) is 23.7 Å². The summed E-state index contributed by atoms with van der Waals surface area (Å²) in [4.78, 5) is 0. The van der Waals surface area contributed by atoms with E-state index in [9.17, 15) is 0 Å². The van der Waals surface area contributed by atoms with E-state index < -0.39 is 0 Å². The minimum atomic E-state index is 0.909. The van der Waals surface area contributed by atoms with E-state index in [1.54, 1.807) is 0 Å². The van der Waals surface area contributed by atoms with Crippen molar-refractivity contribution in [2.75, 3.05) is 0 Å². The molecule has 0 nitrogen and oxygen atoms in total. The number of hydrogen-bond donors (Lipinski definition) is 0. The van der Waals surface area contributed by atoms with Gasteiger partial charge in [-0.15, -0.1) is 5.47 Å². The first-order valence-electron chi connectivity index (χ1n) is 2.52. The van der Waals surface area contributed by atoms with E-state index in [-0.39, 0.29) is 0 Å². The van der Waals surface area contributed by atoms with Crippen LogP contribution in [0, 0.1) is 0 Å². The van der Waals surface area contributed by atoms with Crippen LogP contribution in [0.3, 0.4) is 0 Å². The third-order valence-electron chi connectivity index (χ3n) is 1.02. The van der Waals surface area contributed by atoms with Gasteiger partial charge in [-0.25, -0.2) is 0 Å². The smallest absolute Gasteiger partial charge is 0.101 e. The van der Waals surface area contributed by atoms with E-state index in [1.807, 2.05) is 12.2 Å². The maximum atomic E-state index is 5.41. The molecule has 1 aliphatic carbocycles. The highest BCUT2D eigenvalue weighted by Gasteiger charge is 1.86. The second-order valence-corrected chi connectivity index (χ2v) is 1.68. The van der Waals surface area contributed by atoms with E-state index in [4.69, 9.17) is 7.85 Å². The minimum absolute atomic E-state index is 0.909. The standard InChI is InChI=1S/C6H7B/c7-6-4-2-1-3-5-6/h2,4-5H,1,3H2. The molecule has 1 rings (SSSR count). The third-order valence-corrected chi connectivity index (χ3v) is 1.02. The quantitative estimate of drug-likeness (QED) is 0.394. The molecule has 1 heteroatoms. The lowest BCUT2D eigenvalue weighted by Crippen LogP contribution is -1.80. The molecule has 0 spiro atoms. The van der Waals surface area contributed by atoms with Crippen LogP contribution in [0.25, 0.3) is 0 Å². The molecule has 0 aliphatic heterocycles. The van der Waals surface area contributed by atoms with E-state index in [2.05, 4.69) is 6.08 Å². The Kier molecular flexibility index (Phi) is 1.35. The molecule has 7 heavy (non-hydrogen) atoms. The van der Waals surface area contributed by atoms with E-state index in [1.165, 1.54) is 0 Å². The molecule has 0 saturated heterocycles. The zero-order valence-corrected chi connectivity index (χ0v) is 4.22. The molecule has 0 unspecified atom stereocenters. The fourth-order valence-electron chi connectivity index (χ4n) is 0.634. The van der Waals surface area contributed by atoms with Crippen LogP contribution in [-0.2, 0) is 0 Å². The van der Waals surface area contributed by atoms with E-state index in [0.29, 0.717) is 0 Å². The van der Waals surface area contributed by atoms with Gasteiger partial charge in [0.25, 0.3) is 0 Å². The van der Waals surface area contributed by atoms with Crippen LogP contribution in [0.15, 0.2) is 23.7 Å². The predicted molar refractivity (Wildman–Crippen MR) is 32.2 cm³/mol. The Morgan fingerprint density at radius 1 is 1.43 bits per heavy atom. The monoisotopic (exact) mass is 90.1 g/mol. The van der Waals surface area contributed by atoms with Gasteiger partial charge in [0.1, 0.15) is 7.85 Å². The molecule has 0 fully saturated rings. The largest absolute Gasteiger partial charge is 0.113 e.